The van der Waals surface area contributed by atoms with Gasteiger partial charge in [0.2, 0.25) is 0 Å². The minimum Gasteiger partial charge on any atom is -0.115 e. The van der Waals surface area contributed by atoms with Crippen molar-refractivity contribution in [1.82, 2.24) is 0 Å². The van der Waals surface area contributed by atoms with Gasteiger partial charge < -0.3 is 0 Å². The molecule has 0 N–H and O–H groups in total. The number of benzene rings is 2. The van der Waals surface area contributed by atoms with Crippen LogP contribution >= 0.6 is 0 Å². The summed E-state index contributed by atoms with van der Waals surface area (Å²) in [5.74, 6) is 5.41. The molecule has 2 aromatic carbocycles. The largest absolute Gasteiger partial charge is 0.115 e. The molecule has 0 heteroatoms. The number of fused-ring (bicyclic) bond motifs is 3. The van der Waals surface area contributed by atoms with E-state index >= 15 is 0 Å². The fourth-order valence-electron chi connectivity index (χ4n) is 2.95. The minimum absolute atomic E-state index is 0.00488. The van der Waals surface area contributed by atoms with Gasteiger partial charge >= 0.3 is 0 Å². The summed E-state index contributed by atoms with van der Waals surface area (Å²) in [6.07, 6.45) is 11.0. The lowest BCUT2D eigenvalue weighted by molar-refractivity contribution is 0.660. The molecule has 0 unspecified atom stereocenters. The van der Waals surface area contributed by atoms with Crippen molar-refractivity contribution in [2.24, 2.45) is 0 Å². The fraction of sp³-hybridized carbons (Fsp3) is 0.158. The van der Waals surface area contributed by atoms with E-state index in [-0.39, 0.29) is 5.41 Å². The van der Waals surface area contributed by atoms with Crippen LogP contribution in [0.5, 0.6) is 0 Å². The lowest BCUT2D eigenvalue weighted by Crippen LogP contribution is -2.14. The van der Waals surface area contributed by atoms with Crippen LogP contribution in [0.25, 0.3) is 11.1 Å². The summed E-state index contributed by atoms with van der Waals surface area (Å²) < 4.78 is 0. The summed E-state index contributed by atoms with van der Waals surface area (Å²) in [5.41, 5.74) is 6.89. The van der Waals surface area contributed by atoms with Crippen LogP contribution in [0.3, 0.4) is 0 Å². The van der Waals surface area contributed by atoms with E-state index in [0.717, 1.165) is 11.1 Å². The van der Waals surface area contributed by atoms with Crippen molar-refractivity contribution in [3.63, 3.8) is 0 Å². The molecule has 3 rings (SSSR count). The van der Waals surface area contributed by atoms with Crippen LogP contribution in [0.4, 0.5) is 0 Å². The van der Waals surface area contributed by atoms with Gasteiger partial charge in [-0.05, 0) is 46.5 Å². The smallest absolute Gasteiger partial charge is 0.0248 e. The van der Waals surface area contributed by atoms with Crippen molar-refractivity contribution in [3.05, 3.63) is 58.7 Å². The van der Waals surface area contributed by atoms with Gasteiger partial charge in [0.25, 0.3) is 0 Å². The maximum absolute atomic E-state index is 5.51. The maximum atomic E-state index is 5.51. The number of rotatable bonds is 0. The summed E-state index contributed by atoms with van der Waals surface area (Å²) in [4.78, 5) is 0. The molecule has 0 saturated heterocycles. The molecule has 0 saturated carbocycles. The highest BCUT2D eigenvalue weighted by molar-refractivity contribution is 5.82. The van der Waals surface area contributed by atoms with Gasteiger partial charge in [0.05, 0.1) is 0 Å². The first-order valence-electron chi connectivity index (χ1n) is 6.30. The Morgan fingerprint density at radius 3 is 1.58 bits per heavy atom. The van der Waals surface area contributed by atoms with E-state index in [9.17, 15) is 0 Å². The summed E-state index contributed by atoms with van der Waals surface area (Å²) >= 11 is 0. The minimum atomic E-state index is 0.00488. The Morgan fingerprint density at radius 1 is 0.789 bits per heavy atom. The Morgan fingerprint density at radius 2 is 1.21 bits per heavy atom. The van der Waals surface area contributed by atoms with Crippen LogP contribution in [0.1, 0.15) is 36.1 Å². The highest BCUT2D eigenvalue weighted by atomic mass is 14.4. The van der Waals surface area contributed by atoms with Crippen molar-refractivity contribution in [2.75, 3.05) is 0 Å². The van der Waals surface area contributed by atoms with Crippen LogP contribution in [-0.4, -0.2) is 0 Å². The van der Waals surface area contributed by atoms with Crippen LogP contribution in [0.2, 0.25) is 0 Å². The molecule has 0 aliphatic heterocycles. The molecule has 0 aromatic heterocycles. The first-order chi connectivity index (χ1) is 9.07. The molecule has 90 valence electrons. The average molecular weight is 242 g/mol. The quantitative estimate of drug-likeness (QED) is 0.613. The molecule has 19 heavy (non-hydrogen) atoms. The van der Waals surface area contributed by atoms with Crippen molar-refractivity contribution >= 4 is 0 Å². The monoisotopic (exact) mass is 242 g/mol. The van der Waals surface area contributed by atoms with Gasteiger partial charge in [0.1, 0.15) is 0 Å². The highest BCUT2D eigenvalue weighted by Gasteiger charge is 2.35. The van der Waals surface area contributed by atoms with Crippen LogP contribution < -0.4 is 0 Å². The standard InChI is InChI=1S/C19H14/c1-5-13-7-9-17-15(11-13)16-12-14(6-2)8-10-18(16)19(17,3)4/h1-2,7-12H,3-4H3. The van der Waals surface area contributed by atoms with Crippen molar-refractivity contribution in [1.29, 1.82) is 0 Å². The molecular formula is C19H14. The molecule has 0 fully saturated rings. The first-order valence-corrected chi connectivity index (χ1v) is 6.30. The molecule has 0 nitrogen and oxygen atoms in total. The number of hydrogen-bond donors (Lipinski definition) is 0. The zero-order chi connectivity index (χ0) is 13.6. The van der Waals surface area contributed by atoms with E-state index in [1.54, 1.807) is 0 Å². The van der Waals surface area contributed by atoms with Gasteiger partial charge in [-0.25, -0.2) is 0 Å². The first kappa shape index (κ1) is 11.6. The molecule has 0 radical (unpaired) electrons. The highest BCUT2D eigenvalue weighted by Crippen LogP contribution is 2.48. The average Bonchev–Trinajstić information content (AvgIpc) is 2.66. The van der Waals surface area contributed by atoms with Gasteiger partial charge in [-0.3, -0.25) is 0 Å². The Kier molecular flexibility index (Phi) is 2.31. The molecule has 1 aliphatic carbocycles. The second kappa shape index (κ2) is 3.78. The third-order valence-corrected chi connectivity index (χ3v) is 4.01. The number of terminal acetylenes is 2. The van der Waals surface area contributed by atoms with Crippen LogP contribution in [0.15, 0.2) is 36.4 Å². The van der Waals surface area contributed by atoms with E-state index in [1.165, 1.54) is 22.3 Å². The van der Waals surface area contributed by atoms with E-state index in [4.69, 9.17) is 12.8 Å². The Hall–Kier alpha value is -2.44. The molecule has 0 atom stereocenters. The Balaban J connectivity index is 2.37. The predicted molar refractivity (Wildman–Crippen MR) is 79.9 cm³/mol. The van der Waals surface area contributed by atoms with Gasteiger partial charge in [0.15, 0.2) is 0 Å². The second-order valence-electron chi connectivity index (χ2n) is 5.43. The lowest BCUT2D eigenvalue weighted by Gasteiger charge is -2.21. The summed E-state index contributed by atoms with van der Waals surface area (Å²) in [7, 11) is 0. The zero-order valence-corrected chi connectivity index (χ0v) is 11.1. The normalized spacial score (nSPS) is 14.1. The summed E-state index contributed by atoms with van der Waals surface area (Å²) in [6, 6.07) is 12.5. The van der Waals surface area contributed by atoms with Gasteiger partial charge in [-0.1, -0.05) is 37.8 Å². The topological polar surface area (TPSA) is 0 Å². The van der Waals surface area contributed by atoms with E-state index in [2.05, 4.69) is 50.0 Å². The van der Waals surface area contributed by atoms with E-state index < -0.39 is 0 Å². The molecular weight excluding hydrogens is 228 g/mol. The molecule has 0 heterocycles. The molecule has 0 bridgehead atoms. The molecule has 2 aromatic rings. The van der Waals surface area contributed by atoms with E-state index in [0.29, 0.717) is 0 Å². The predicted octanol–water partition coefficient (Wildman–Crippen LogP) is 3.96. The zero-order valence-electron chi connectivity index (χ0n) is 11.1. The van der Waals surface area contributed by atoms with Crippen LogP contribution in [0, 0.1) is 24.7 Å². The fourth-order valence-corrected chi connectivity index (χ4v) is 2.95. The second-order valence-corrected chi connectivity index (χ2v) is 5.43. The SMILES string of the molecule is C#Cc1ccc2c(c1)-c1cc(C#C)ccc1C2(C)C. The van der Waals surface area contributed by atoms with Crippen LogP contribution in [-0.2, 0) is 5.41 Å². The lowest BCUT2D eigenvalue weighted by atomic mass is 9.82. The van der Waals surface area contributed by atoms with E-state index in [1.807, 2.05) is 12.1 Å². The van der Waals surface area contributed by atoms with Crippen molar-refractivity contribution in [2.45, 2.75) is 19.3 Å². The maximum Gasteiger partial charge on any atom is 0.0248 e. The van der Waals surface area contributed by atoms with Gasteiger partial charge in [-0.15, -0.1) is 12.8 Å². The van der Waals surface area contributed by atoms with Gasteiger partial charge in [0, 0.05) is 16.5 Å². The third-order valence-electron chi connectivity index (χ3n) is 4.01. The Bertz CT molecular complexity index is 696. The van der Waals surface area contributed by atoms with Crippen molar-refractivity contribution in [3.8, 4) is 35.8 Å². The molecule has 1 aliphatic rings. The van der Waals surface area contributed by atoms with Crippen molar-refractivity contribution < 1.29 is 0 Å². The third kappa shape index (κ3) is 1.51. The summed E-state index contributed by atoms with van der Waals surface area (Å²) in [5, 5.41) is 0. The Labute approximate surface area is 114 Å². The molecule has 0 amide bonds. The molecule has 0 spiro atoms. The summed E-state index contributed by atoms with van der Waals surface area (Å²) in [6.45, 7) is 4.48. The van der Waals surface area contributed by atoms with Gasteiger partial charge in [-0.2, -0.15) is 0 Å². The number of hydrogen-bond acceptors (Lipinski definition) is 0.